The monoisotopic (exact) mass is 354 g/mol. The Morgan fingerprint density at radius 1 is 0.800 bits per heavy atom. The van der Waals surface area contributed by atoms with E-state index in [1.165, 1.54) is 0 Å². The highest BCUT2D eigenvalue weighted by molar-refractivity contribution is 5.92. The molecule has 4 heteroatoms. The van der Waals surface area contributed by atoms with Crippen molar-refractivity contribution in [1.82, 2.24) is 0 Å². The Labute approximate surface area is 153 Å². The summed E-state index contributed by atoms with van der Waals surface area (Å²) in [7, 11) is 0. The van der Waals surface area contributed by atoms with Crippen molar-refractivity contribution < 1.29 is 19.8 Å². The summed E-state index contributed by atoms with van der Waals surface area (Å²) in [6.45, 7) is 8.61. The lowest BCUT2D eigenvalue weighted by atomic mass is 9.82. The first-order valence-electron chi connectivity index (χ1n) is 10.0. The third kappa shape index (κ3) is 10.3. The minimum absolute atomic E-state index is 0.123. The van der Waals surface area contributed by atoms with Gasteiger partial charge in [-0.05, 0) is 24.7 Å². The minimum atomic E-state index is -1.06. The SMILES string of the molecule is CCCC[C@@H](CC)CC(C[C@@H](CC)CCCC)=C(CC(=O)O)C(=O)O. The molecule has 0 aliphatic heterocycles. The molecule has 0 aromatic rings. The number of allylic oxidation sites excluding steroid dienone is 1. The van der Waals surface area contributed by atoms with E-state index in [9.17, 15) is 14.7 Å². The number of carboxylic acid groups (broad SMARTS) is 2. The van der Waals surface area contributed by atoms with Crippen molar-refractivity contribution in [2.24, 2.45) is 11.8 Å². The molecule has 0 aromatic heterocycles. The number of carbonyl (C=O) groups is 2. The Kier molecular flexibility index (Phi) is 13.2. The molecule has 0 spiro atoms. The Morgan fingerprint density at radius 3 is 1.52 bits per heavy atom. The molecule has 0 amide bonds. The second kappa shape index (κ2) is 13.9. The number of aliphatic carboxylic acids is 2. The van der Waals surface area contributed by atoms with Gasteiger partial charge in [0.25, 0.3) is 0 Å². The molecule has 0 fully saturated rings. The zero-order valence-electron chi connectivity index (χ0n) is 16.6. The standard InChI is InChI=1S/C21H38O4/c1-5-9-11-16(7-3)13-18(14-17(8-4)12-10-6-2)19(21(24)25)15-20(22)23/h16-17H,5-15H2,1-4H3,(H,22,23)(H,24,25)/t16-,17+. The molecule has 0 saturated heterocycles. The van der Waals surface area contributed by atoms with Crippen LogP contribution in [0.5, 0.6) is 0 Å². The largest absolute Gasteiger partial charge is 0.481 e. The molecule has 0 saturated carbocycles. The average Bonchev–Trinajstić information content (AvgIpc) is 2.58. The van der Waals surface area contributed by atoms with Gasteiger partial charge < -0.3 is 10.2 Å². The zero-order valence-corrected chi connectivity index (χ0v) is 16.6. The molecular formula is C21H38O4. The van der Waals surface area contributed by atoms with Crippen molar-refractivity contribution in [3.05, 3.63) is 11.1 Å². The van der Waals surface area contributed by atoms with Gasteiger partial charge in [-0.2, -0.15) is 0 Å². The summed E-state index contributed by atoms with van der Waals surface area (Å²) in [5, 5.41) is 18.7. The van der Waals surface area contributed by atoms with Crippen LogP contribution in [0.25, 0.3) is 0 Å². The van der Waals surface area contributed by atoms with Crippen LogP contribution in [0.3, 0.4) is 0 Å². The first-order chi connectivity index (χ1) is 11.9. The molecule has 4 nitrogen and oxygen atoms in total. The highest BCUT2D eigenvalue weighted by Crippen LogP contribution is 2.31. The fourth-order valence-corrected chi connectivity index (χ4v) is 3.42. The van der Waals surface area contributed by atoms with Crippen LogP contribution < -0.4 is 0 Å². The molecule has 0 aliphatic rings. The zero-order chi connectivity index (χ0) is 19.2. The van der Waals surface area contributed by atoms with Crippen molar-refractivity contribution in [3.63, 3.8) is 0 Å². The third-order valence-electron chi connectivity index (χ3n) is 5.17. The lowest BCUT2D eigenvalue weighted by Gasteiger charge is -2.23. The van der Waals surface area contributed by atoms with Crippen molar-refractivity contribution in [2.45, 2.75) is 98.3 Å². The fourth-order valence-electron chi connectivity index (χ4n) is 3.42. The van der Waals surface area contributed by atoms with Gasteiger partial charge in [0.1, 0.15) is 0 Å². The van der Waals surface area contributed by atoms with E-state index in [1.807, 2.05) is 0 Å². The molecule has 146 valence electrons. The van der Waals surface area contributed by atoms with Gasteiger partial charge in [0, 0.05) is 5.57 Å². The van der Waals surface area contributed by atoms with Crippen LogP contribution in [0.2, 0.25) is 0 Å². The van der Waals surface area contributed by atoms with Gasteiger partial charge in [-0.25, -0.2) is 4.79 Å². The predicted octanol–water partition coefficient (Wildman–Crippen LogP) is 6.06. The lowest BCUT2D eigenvalue weighted by molar-refractivity contribution is -0.139. The van der Waals surface area contributed by atoms with Gasteiger partial charge in [0.2, 0.25) is 0 Å². The van der Waals surface area contributed by atoms with Crippen LogP contribution in [0.15, 0.2) is 11.1 Å². The molecule has 25 heavy (non-hydrogen) atoms. The Morgan fingerprint density at radius 2 is 1.24 bits per heavy atom. The van der Waals surface area contributed by atoms with Gasteiger partial charge in [0.05, 0.1) is 6.42 Å². The summed E-state index contributed by atoms with van der Waals surface area (Å²) in [5.41, 5.74) is 0.998. The highest BCUT2D eigenvalue weighted by atomic mass is 16.4. The maximum atomic E-state index is 11.7. The first-order valence-corrected chi connectivity index (χ1v) is 10.0. The third-order valence-corrected chi connectivity index (χ3v) is 5.17. The number of carboxylic acids is 2. The second-order valence-electron chi connectivity index (χ2n) is 7.20. The number of rotatable bonds is 15. The Bertz CT molecular complexity index is 406. The summed E-state index contributed by atoms with van der Waals surface area (Å²) in [4.78, 5) is 22.9. The van der Waals surface area contributed by atoms with Crippen LogP contribution in [0.4, 0.5) is 0 Å². The van der Waals surface area contributed by atoms with E-state index in [0.29, 0.717) is 11.8 Å². The molecule has 0 heterocycles. The molecule has 2 atom stereocenters. The summed E-state index contributed by atoms with van der Waals surface area (Å²) < 4.78 is 0. The quantitative estimate of drug-likeness (QED) is 0.351. The number of unbranched alkanes of at least 4 members (excludes halogenated alkanes) is 2. The Balaban J connectivity index is 5.50. The van der Waals surface area contributed by atoms with Crippen LogP contribution in [-0.4, -0.2) is 22.2 Å². The predicted molar refractivity (Wildman–Crippen MR) is 103 cm³/mol. The van der Waals surface area contributed by atoms with Crippen LogP contribution >= 0.6 is 0 Å². The minimum Gasteiger partial charge on any atom is -0.481 e. The maximum absolute atomic E-state index is 11.7. The normalized spacial score (nSPS) is 14.7. The molecule has 0 rings (SSSR count). The first kappa shape index (κ1) is 23.7. The molecular weight excluding hydrogens is 316 g/mol. The van der Waals surface area contributed by atoms with E-state index < -0.39 is 11.9 Å². The van der Waals surface area contributed by atoms with Crippen LogP contribution in [0.1, 0.15) is 98.3 Å². The highest BCUT2D eigenvalue weighted by Gasteiger charge is 2.22. The lowest BCUT2D eigenvalue weighted by Crippen LogP contribution is -2.14. The van der Waals surface area contributed by atoms with Gasteiger partial charge in [-0.15, -0.1) is 0 Å². The van der Waals surface area contributed by atoms with Crippen molar-refractivity contribution in [3.8, 4) is 0 Å². The molecule has 0 aliphatic carbocycles. The van der Waals surface area contributed by atoms with E-state index in [1.54, 1.807) is 0 Å². The molecule has 0 radical (unpaired) electrons. The Hall–Kier alpha value is -1.32. The number of hydrogen-bond acceptors (Lipinski definition) is 2. The van der Waals surface area contributed by atoms with E-state index in [2.05, 4.69) is 27.7 Å². The summed E-state index contributed by atoms with van der Waals surface area (Å²) in [6, 6.07) is 0. The van der Waals surface area contributed by atoms with Gasteiger partial charge in [0.15, 0.2) is 0 Å². The van der Waals surface area contributed by atoms with Crippen molar-refractivity contribution in [2.75, 3.05) is 0 Å². The van der Waals surface area contributed by atoms with Gasteiger partial charge in [-0.3, -0.25) is 4.79 Å². The van der Waals surface area contributed by atoms with Crippen LogP contribution in [0, 0.1) is 11.8 Å². The molecule has 0 unspecified atom stereocenters. The van der Waals surface area contributed by atoms with E-state index in [4.69, 9.17) is 5.11 Å². The summed E-state index contributed by atoms with van der Waals surface area (Å²) in [6.07, 6.45) is 9.81. The topological polar surface area (TPSA) is 74.6 Å². The van der Waals surface area contributed by atoms with Crippen molar-refractivity contribution in [1.29, 1.82) is 0 Å². The van der Waals surface area contributed by atoms with Gasteiger partial charge >= 0.3 is 11.9 Å². The average molecular weight is 355 g/mol. The number of hydrogen-bond donors (Lipinski definition) is 2. The maximum Gasteiger partial charge on any atom is 0.332 e. The van der Waals surface area contributed by atoms with E-state index in [0.717, 1.165) is 69.8 Å². The van der Waals surface area contributed by atoms with E-state index >= 15 is 0 Å². The molecule has 0 bridgehead atoms. The van der Waals surface area contributed by atoms with Crippen molar-refractivity contribution >= 4 is 11.9 Å². The molecule has 2 N–H and O–H groups in total. The van der Waals surface area contributed by atoms with E-state index in [-0.39, 0.29) is 12.0 Å². The second-order valence-corrected chi connectivity index (χ2v) is 7.20. The van der Waals surface area contributed by atoms with Gasteiger partial charge in [-0.1, -0.05) is 84.6 Å². The summed E-state index contributed by atoms with van der Waals surface area (Å²) in [5.74, 6) is -1.23. The fraction of sp³-hybridized carbons (Fsp3) is 0.810. The smallest absolute Gasteiger partial charge is 0.332 e. The van der Waals surface area contributed by atoms with Crippen LogP contribution in [-0.2, 0) is 9.59 Å². The molecule has 0 aromatic carbocycles. The summed E-state index contributed by atoms with van der Waals surface area (Å²) >= 11 is 0.